The molecule has 30 heavy (non-hydrogen) atoms. The maximum absolute atomic E-state index is 12.8. The Labute approximate surface area is 177 Å². The molecule has 0 saturated heterocycles. The van der Waals surface area contributed by atoms with Crippen molar-refractivity contribution >= 4 is 22.9 Å². The minimum Gasteiger partial charge on any atom is -0.484 e. The minimum atomic E-state index is -0.455. The molecule has 1 amide bonds. The molecule has 1 atom stereocenters. The van der Waals surface area contributed by atoms with Gasteiger partial charge in [-0.15, -0.1) is 11.3 Å². The highest BCUT2D eigenvalue weighted by Gasteiger charge is 2.23. The highest BCUT2D eigenvalue weighted by Crippen LogP contribution is 2.24. The molecule has 0 spiro atoms. The van der Waals surface area contributed by atoms with Crippen LogP contribution < -0.4 is 4.74 Å². The van der Waals surface area contributed by atoms with Gasteiger partial charge in [0.2, 0.25) is 11.7 Å². The first kappa shape index (κ1) is 21.4. The molecule has 9 nitrogen and oxygen atoms in total. The predicted octanol–water partition coefficient (Wildman–Crippen LogP) is 4.22. The van der Waals surface area contributed by atoms with E-state index in [1.54, 1.807) is 17.9 Å². The van der Waals surface area contributed by atoms with Crippen LogP contribution in [-0.4, -0.2) is 38.5 Å². The molecule has 0 aliphatic rings. The van der Waals surface area contributed by atoms with Crippen LogP contribution in [0.3, 0.4) is 0 Å². The van der Waals surface area contributed by atoms with Gasteiger partial charge in [-0.3, -0.25) is 14.9 Å². The van der Waals surface area contributed by atoms with E-state index in [2.05, 4.69) is 10.1 Å². The van der Waals surface area contributed by atoms with E-state index in [0.717, 1.165) is 11.3 Å². The first-order valence-corrected chi connectivity index (χ1v) is 10.3. The van der Waals surface area contributed by atoms with E-state index in [1.165, 1.54) is 23.5 Å². The summed E-state index contributed by atoms with van der Waals surface area (Å²) in [5.74, 6) is 0.997. The lowest BCUT2D eigenvalue weighted by molar-refractivity contribution is -0.385. The van der Waals surface area contributed by atoms with Gasteiger partial charge >= 0.3 is 0 Å². The highest BCUT2D eigenvalue weighted by atomic mass is 32.1. The van der Waals surface area contributed by atoms with Gasteiger partial charge in [-0.2, -0.15) is 4.98 Å². The fourth-order valence-electron chi connectivity index (χ4n) is 2.83. The van der Waals surface area contributed by atoms with E-state index in [0.29, 0.717) is 23.0 Å². The monoisotopic (exact) mass is 430 g/mol. The van der Waals surface area contributed by atoms with Crippen LogP contribution in [0, 0.1) is 17.0 Å². The van der Waals surface area contributed by atoms with Crippen molar-refractivity contribution in [3.05, 3.63) is 57.3 Å². The van der Waals surface area contributed by atoms with Crippen LogP contribution in [0.1, 0.15) is 31.7 Å². The van der Waals surface area contributed by atoms with Gasteiger partial charge in [-0.05, 0) is 43.8 Å². The molecule has 0 N–H and O–H groups in total. The van der Waals surface area contributed by atoms with Crippen LogP contribution in [0.15, 0.2) is 40.2 Å². The van der Waals surface area contributed by atoms with Crippen LogP contribution >= 0.6 is 11.3 Å². The number of carbonyl (C=O) groups is 1. The highest BCUT2D eigenvalue weighted by molar-refractivity contribution is 7.13. The molecule has 10 heteroatoms. The van der Waals surface area contributed by atoms with Crippen LogP contribution in [0.25, 0.3) is 10.7 Å². The van der Waals surface area contributed by atoms with Crippen molar-refractivity contribution in [1.29, 1.82) is 0 Å². The molecule has 0 fully saturated rings. The smallest absolute Gasteiger partial charge is 0.272 e. The summed E-state index contributed by atoms with van der Waals surface area (Å²) in [6.07, 6.45) is 0.744. The number of carbonyl (C=O) groups excluding carboxylic acids is 1. The van der Waals surface area contributed by atoms with E-state index < -0.39 is 4.92 Å². The number of hydrogen-bond donors (Lipinski definition) is 0. The van der Waals surface area contributed by atoms with E-state index in [1.807, 2.05) is 31.4 Å². The number of nitrogens with zero attached hydrogens (tertiary/aromatic N) is 4. The molecule has 3 aromatic rings. The van der Waals surface area contributed by atoms with E-state index >= 15 is 0 Å². The molecule has 0 aliphatic carbocycles. The summed E-state index contributed by atoms with van der Waals surface area (Å²) in [5, 5.41) is 16.8. The fraction of sp³-hybridized carbons (Fsp3) is 0.350. The first-order valence-electron chi connectivity index (χ1n) is 9.42. The lowest BCUT2D eigenvalue weighted by atomic mass is 10.2. The van der Waals surface area contributed by atoms with Crippen LogP contribution in [0.5, 0.6) is 5.75 Å². The van der Waals surface area contributed by atoms with E-state index in [9.17, 15) is 14.9 Å². The number of aromatic nitrogens is 2. The number of aryl methyl sites for hydroxylation is 1. The van der Waals surface area contributed by atoms with Crippen LogP contribution in [-0.2, 0) is 11.3 Å². The Hall–Kier alpha value is -3.27. The molecular formula is C20H22N4O5S. The van der Waals surface area contributed by atoms with Gasteiger partial charge < -0.3 is 14.2 Å². The van der Waals surface area contributed by atoms with Gasteiger partial charge in [0.15, 0.2) is 6.61 Å². The topological polar surface area (TPSA) is 112 Å². The third kappa shape index (κ3) is 5.01. The molecule has 1 aromatic carbocycles. The lowest BCUT2D eigenvalue weighted by Gasteiger charge is -2.27. The third-order valence-corrected chi connectivity index (χ3v) is 5.55. The Bertz CT molecular complexity index is 1020. The summed E-state index contributed by atoms with van der Waals surface area (Å²) in [7, 11) is 0. The van der Waals surface area contributed by atoms with E-state index in [4.69, 9.17) is 9.26 Å². The SMILES string of the molecule is CC[C@@H](C)N(Cc1nc(-c2cccs2)no1)C(=O)COc1ccc([N+](=O)[O-])c(C)c1. The minimum absolute atomic E-state index is 0.00727. The number of ether oxygens (including phenoxy) is 1. The Morgan fingerprint density at radius 3 is 2.83 bits per heavy atom. The van der Waals surface area contributed by atoms with E-state index in [-0.39, 0.29) is 30.8 Å². The second-order valence-corrected chi connectivity index (χ2v) is 7.71. The van der Waals surface area contributed by atoms with Gasteiger partial charge in [0.05, 0.1) is 9.80 Å². The van der Waals surface area contributed by atoms with Crippen molar-refractivity contribution in [3.8, 4) is 16.5 Å². The maximum atomic E-state index is 12.8. The Kier molecular flexibility index (Phi) is 6.78. The average molecular weight is 430 g/mol. The molecule has 0 saturated carbocycles. The van der Waals surface area contributed by atoms with Gasteiger partial charge in [0, 0.05) is 17.7 Å². The molecule has 3 rings (SSSR count). The number of benzene rings is 1. The predicted molar refractivity (Wildman–Crippen MR) is 111 cm³/mol. The second-order valence-electron chi connectivity index (χ2n) is 6.76. The summed E-state index contributed by atoms with van der Waals surface area (Å²) >= 11 is 1.51. The normalized spacial score (nSPS) is 11.8. The summed E-state index contributed by atoms with van der Waals surface area (Å²) < 4.78 is 10.9. The number of amides is 1. The standard InChI is InChI=1S/C20H22N4O5S/c1-4-14(3)23(11-18-21-20(22-29-18)17-6-5-9-30-17)19(25)12-28-15-7-8-16(24(26)27)13(2)10-15/h5-10,14H,4,11-12H2,1-3H3/t14-/m1/s1. The first-order chi connectivity index (χ1) is 14.4. The summed E-state index contributed by atoms with van der Waals surface area (Å²) in [6.45, 7) is 5.52. The Morgan fingerprint density at radius 2 is 2.20 bits per heavy atom. The maximum Gasteiger partial charge on any atom is 0.272 e. The molecule has 0 radical (unpaired) electrons. The van der Waals surface area contributed by atoms with Crippen molar-refractivity contribution in [2.24, 2.45) is 0 Å². The molecule has 0 bridgehead atoms. The van der Waals surface area contributed by atoms with Gasteiger partial charge in [-0.1, -0.05) is 18.1 Å². The lowest BCUT2D eigenvalue weighted by Crippen LogP contribution is -2.40. The summed E-state index contributed by atoms with van der Waals surface area (Å²) in [6, 6.07) is 8.14. The molecule has 2 heterocycles. The number of nitro groups is 1. The van der Waals surface area contributed by atoms with Crippen molar-refractivity contribution in [2.75, 3.05) is 6.61 Å². The zero-order valence-corrected chi connectivity index (χ0v) is 17.7. The Morgan fingerprint density at radius 1 is 1.40 bits per heavy atom. The number of thiophene rings is 1. The van der Waals surface area contributed by atoms with Gasteiger partial charge in [0.1, 0.15) is 12.3 Å². The zero-order chi connectivity index (χ0) is 21.7. The Balaban J connectivity index is 1.67. The number of nitro benzene ring substituents is 1. The summed E-state index contributed by atoms with van der Waals surface area (Å²) in [5.41, 5.74) is 0.476. The third-order valence-electron chi connectivity index (χ3n) is 4.69. The van der Waals surface area contributed by atoms with Crippen LogP contribution in [0.2, 0.25) is 0 Å². The van der Waals surface area contributed by atoms with Crippen molar-refractivity contribution < 1.29 is 19.0 Å². The molecular weight excluding hydrogens is 408 g/mol. The molecule has 0 aliphatic heterocycles. The summed E-state index contributed by atoms with van der Waals surface area (Å²) in [4.78, 5) is 30.2. The van der Waals surface area contributed by atoms with Crippen molar-refractivity contribution in [2.45, 2.75) is 39.8 Å². The number of hydrogen-bond acceptors (Lipinski definition) is 8. The van der Waals surface area contributed by atoms with Gasteiger partial charge in [0.25, 0.3) is 11.6 Å². The number of rotatable bonds is 9. The molecule has 0 unspecified atom stereocenters. The van der Waals surface area contributed by atoms with Crippen molar-refractivity contribution in [3.63, 3.8) is 0 Å². The average Bonchev–Trinajstić information content (AvgIpc) is 3.41. The molecule has 2 aromatic heterocycles. The fourth-order valence-corrected chi connectivity index (χ4v) is 3.48. The quantitative estimate of drug-likeness (QED) is 0.369. The largest absolute Gasteiger partial charge is 0.484 e. The van der Waals surface area contributed by atoms with Gasteiger partial charge in [-0.25, -0.2) is 0 Å². The zero-order valence-electron chi connectivity index (χ0n) is 16.9. The second kappa shape index (κ2) is 9.49. The molecule has 158 valence electrons. The van der Waals surface area contributed by atoms with Crippen molar-refractivity contribution in [1.82, 2.24) is 15.0 Å². The van der Waals surface area contributed by atoms with Crippen LogP contribution in [0.4, 0.5) is 5.69 Å².